The zero-order chi connectivity index (χ0) is 26.6. The van der Waals surface area contributed by atoms with Crippen LogP contribution >= 0.6 is 23.1 Å². The van der Waals surface area contributed by atoms with E-state index in [0.717, 1.165) is 42.8 Å². The molecule has 1 amide bonds. The molecule has 5 aromatic rings. The molecule has 7 heteroatoms. The van der Waals surface area contributed by atoms with E-state index in [1.807, 2.05) is 78.9 Å². The molecule has 0 bridgehead atoms. The molecule has 0 saturated heterocycles. The van der Waals surface area contributed by atoms with Crippen molar-refractivity contribution in [1.29, 1.82) is 0 Å². The molecule has 0 spiro atoms. The van der Waals surface area contributed by atoms with Crippen molar-refractivity contribution in [2.24, 2.45) is 5.10 Å². The first-order chi connectivity index (χ1) is 19.2. The van der Waals surface area contributed by atoms with Crippen LogP contribution in [0.3, 0.4) is 0 Å². The Balaban J connectivity index is 1.30. The van der Waals surface area contributed by atoms with E-state index in [1.165, 1.54) is 22.9 Å². The van der Waals surface area contributed by atoms with Crippen molar-refractivity contribution in [1.82, 2.24) is 10.4 Å². The molecular weight excluding hydrogens is 523 g/mol. The number of thioether (sulfide) groups is 1. The molecule has 2 heterocycles. The average molecular weight is 548 g/mol. The third-order valence-corrected chi connectivity index (χ3v) is 8.72. The van der Waals surface area contributed by atoms with Gasteiger partial charge in [0, 0.05) is 22.6 Å². The van der Waals surface area contributed by atoms with E-state index in [1.54, 1.807) is 17.6 Å². The molecule has 1 unspecified atom stereocenters. The zero-order valence-corrected chi connectivity index (χ0v) is 22.8. The minimum absolute atomic E-state index is 0.107. The second-order valence-corrected chi connectivity index (χ2v) is 11.4. The second kappa shape index (κ2) is 11.3. The Bertz CT molecular complexity index is 1680. The van der Waals surface area contributed by atoms with Gasteiger partial charge in [0.05, 0.1) is 22.2 Å². The summed E-state index contributed by atoms with van der Waals surface area (Å²) in [6.45, 7) is 2.12. The Kier molecular flexibility index (Phi) is 7.25. The number of hydrazone groups is 1. The van der Waals surface area contributed by atoms with E-state index >= 15 is 0 Å². The largest absolute Gasteiger partial charge is 0.456 e. The fourth-order valence-corrected chi connectivity index (χ4v) is 6.58. The Morgan fingerprint density at radius 3 is 2.49 bits per heavy atom. The lowest BCUT2D eigenvalue weighted by Crippen LogP contribution is -2.22. The lowest BCUT2D eigenvalue weighted by atomic mass is 9.80. The molecule has 1 aromatic heterocycles. The second-order valence-electron chi connectivity index (χ2n) is 9.11. The highest BCUT2D eigenvalue weighted by Gasteiger charge is 2.31. The van der Waals surface area contributed by atoms with Crippen molar-refractivity contribution in [3.05, 3.63) is 131 Å². The minimum atomic E-state index is -0.193. The van der Waals surface area contributed by atoms with E-state index in [9.17, 15) is 4.79 Å². The molecule has 39 heavy (non-hydrogen) atoms. The summed E-state index contributed by atoms with van der Waals surface area (Å²) in [5, 5.41) is 4.41. The van der Waals surface area contributed by atoms with Crippen molar-refractivity contribution >= 4 is 51.2 Å². The molecular formula is C32H25N3O2S2. The fraction of sp³-hybridized carbons (Fsp3) is 0.0938. The first-order valence-corrected chi connectivity index (χ1v) is 14.4. The van der Waals surface area contributed by atoms with Crippen molar-refractivity contribution < 1.29 is 9.53 Å². The summed E-state index contributed by atoms with van der Waals surface area (Å²) >= 11 is 3.00. The number of carbonyl (C=O) groups is 1. The van der Waals surface area contributed by atoms with Gasteiger partial charge in [0.25, 0.3) is 5.91 Å². The number of para-hydroxylation sites is 2. The van der Waals surface area contributed by atoms with Crippen LogP contribution < -0.4 is 10.2 Å². The van der Waals surface area contributed by atoms with Crippen molar-refractivity contribution in [2.75, 3.05) is 5.75 Å². The third kappa shape index (κ3) is 5.37. The van der Waals surface area contributed by atoms with Gasteiger partial charge in [-0.25, -0.2) is 10.4 Å². The van der Waals surface area contributed by atoms with Gasteiger partial charge in [0.15, 0.2) is 4.34 Å². The highest BCUT2D eigenvalue weighted by molar-refractivity contribution is 8.01. The SMILES string of the molecule is Cc1ccccc1C1C(/C=N/NC(=O)CSc2nc3ccccc3s2)=C(c2ccccc2)Oc2ccccc21. The van der Waals surface area contributed by atoms with Gasteiger partial charge in [-0.05, 0) is 36.2 Å². The molecule has 5 nitrogen and oxygen atoms in total. The number of nitrogens with one attached hydrogen (secondary N) is 1. The molecule has 1 aliphatic heterocycles. The first kappa shape index (κ1) is 25.1. The predicted molar refractivity (Wildman–Crippen MR) is 160 cm³/mol. The van der Waals surface area contributed by atoms with Crippen LogP contribution in [0.15, 0.2) is 118 Å². The standard InChI is InChI=1S/C32H25N3O2S2/c1-21-11-5-6-14-23(21)30-24-15-7-9-17-27(24)37-31(22-12-3-2-4-13-22)25(30)19-33-35-29(36)20-38-32-34-26-16-8-10-18-28(26)39-32/h2-19,30H,20H2,1H3,(H,35,36)/b33-19+. The molecule has 4 aromatic carbocycles. The minimum Gasteiger partial charge on any atom is -0.456 e. The summed E-state index contributed by atoms with van der Waals surface area (Å²) in [6.07, 6.45) is 1.73. The van der Waals surface area contributed by atoms with Crippen molar-refractivity contribution in [3.63, 3.8) is 0 Å². The number of ether oxygens (including phenoxy) is 1. The number of thiazole rings is 1. The summed E-state index contributed by atoms with van der Waals surface area (Å²) in [6, 6.07) is 34.5. The molecule has 0 fully saturated rings. The third-order valence-electron chi connectivity index (χ3n) is 6.54. The Labute approximate surface area is 235 Å². The van der Waals surface area contributed by atoms with Crippen LogP contribution in [0.4, 0.5) is 0 Å². The Hall–Kier alpha value is -4.20. The Morgan fingerprint density at radius 1 is 0.949 bits per heavy atom. The van der Waals surface area contributed by atoms with Crippen LogP contribution in [-0.2, 0) is 4.79 Å². The van der Waals surface area contributed by atoms with Crippen LogP contribution in [0, 0.1) is 6.92 Å². The van der Waals surface area contributed by atoms with Crippen LogP contribution in [-0.4, -0.2) is 22.9 Å². The molecule has 192 valence electrons. The maximum atomic E-state index is 12.7. The maximum Gasteiger partial charge on any atom is 0.250 e. The molecule has 1 aliphatic rings. The van der Waals surface area contributed by atoms with E-state index in [4.69, 9.17) is 4.74 Å². The molecule has 0 saturated carbocycles. The number of allylic oxidation sites excluding steroid dienone is 1. The van der Waals surface area contributed by atoms with E-state index in [2.05, 4.69) is 46.7 Å². The summed E-state index contributed by atoms with van der Waals surface area (Å²) in [5.74, 6) is 1.47. The van der Waals surface area contributed by atoms with Crippen LogP contribution in [0.1, 0.15) is 28.2 Å². The van der Waals surface area contributed by atoms with Crippen molar-refractivity contribution in [2.45, 2.75) is 17.2 Å². The van der Waals surface area contributed by atoms with Gasteiger partial charge in [-0.3, -0.25) is 4.79 Å². The van der Waals surface area contributed by atoms with E-state index < -0.39 is 0 Å². The quantitative estimate of drug-likeness (QED) is 0.131. The van der Waals surface area contributed by atoms with Gasteiger partial charge in [-0.2, -0.15) is 5.10 Å². The number of rotatable bonds is 7. The molecule has 0 aliphatic carbocycles. The highest BCUT2D eigenvalue weighted by atomic mass is 32.2. The van der Waals surface area contributed by atoms with Gasteiger partial charge in [0.2, 0.25) is 0 Å². The van der Waals surface area contributed by atoms with E-state index in [-0.39, 0.29) is 17.6 Å². The lowest BCUT2D eigenvalue weighted by Gasteiger charge is -2.30. The molecule has 1 N–H and O–H groups in total. The number of hydrogen-bond donors (Lipinski definition) is 1. The number of amides is 1. The molecule has 1 atom stereocenters. The van der Waals surface area contributed by atoms with Crippen LogP contribution in [0.25, 0.3) is 16.0 Å². The predicted octanol–water partition coefficient (Wildman–Crippen LogP) is 7.43. The van der Waals surface area contributed by atoms with Crippen molar-refractivity contribution in [3.8, 4) is 5.75 Å². The van der Waals surface area contributed by atoms with Gasteiger partial charge < -0.3 is 4.74 Å². The monoisotopic (exact) mass is 547 g/mol. The smallest absolute Gasteiger partial charge is 0.250 e. The average Bonchev–Trinajstić information content (AvgIpc) is 3.40. The summed E-state index contributed by atoms with van der Waals surface area (Å²) in [5.41, 5.74) is 8.90. The Morgan fingerprint density at radius 2 is 1.67 bits per heavy atom. The number of nitrogens with zero attached hydrogens (tertiary/aromatic N) is 2. The topological polar surface area (TPSA) is 63.6 Å². The molecule has 6 rings (SSSR count). The fourth-order valence-electron chi connectivity index (χ4n) is 4.72. The van der Waals surface area contributed by atoms with Crippen LogP contribution in [0.2, 0.25) is 0 Å². The maximum absolute atomic E-state index is 12.7. The number of fused-ring (bicyclic) bond motifs is 2. The molecule has 0 radical (unpaired) electrons. The zero-order valence-electron chi connectivity index (χ0n) is 21.2. The van der Waals surface area contributed by atoms with Gasteiger partial charge in [0.1, 0.15) is 11.5 Å². The van der Waals surface area contributed by atoms with Gasteiger partial charge >= 0.3 is 0 Å². The number of aromatic nitrogens is 1. The summed E-state index contributed by atoms with van der Waals surface area (Å²) in [7, 11) is 0. The number of benzene rings is 4. The highest BCUT2D eigenvalue weighted by Crippen LogP contribution is 2.45. The van der Waals surface area contributed by atoms with E-state index in [0.29, 0.717) is 0 Å². The van der Waals surface area contributed by atoms with Gasteiger partial charge in [-0.15, -0.1) is 11.3 Å². The lowest BCUT2D eigenvalue weighted by molar-refractivity contribution is -0.118. The first-order valence-electron chi connectivity index (χ1n) is 12.6. The number of carbonyl (C=O) groups excluding carboxylic acids is 1. The van der Waals surface area contributed by atoms with Gasteiger partial charge in [-0.1, -0.05) is 96.7 Å². The normalized spacial score (nSPS) is 14.8. The van der Waals surface area contributed by atoms with Crippen LogP contribution in [0.5, 0.6) is 5.75 Å². The summed E-state index contributed by atoms with van der Waals surface area (Å²) in [4.78, 5) is 17.3. The summed E-state index contributed by atoms with van der Waals surface area (Å²) < 4.78 is 8.45. The number of hydrogen-bond acceptors (Lipinski definition) is 6. The number of aryl methyl sites for hydroxylation is 1.